The van der Waals surface area contributed by atoms with Crippen LogP contribution < -0.4 is 5.32 Å². The highest BCUT2D eigenvalue weighted by Gasteiger charge is 2.25. The summed E-state index contributed by atoms with van der Waals surface area (Å²) in [5, 5.41) is 3.16. The van der Waals surface area contributed by atoms with Crippen LogP contribution in [0.3, 0.4) is 0 Å². The van der Waals surface area contributed by atoms with E-state index in [0.29, 0.717) is 0 Å². The highest BCUT2D eigenvalue weighted by Crippen LogP contribution is 2.26. The molecule has 0 aromatic heterocycles. The first-order chi connectivity index (χ1) is 10.3. The van der Waals surface area contributed by atoms with Gasteiger partial charge in [-0.2, -0.15) is 0 Å². The Morgan fingerprint density at radius 3 is 1.55 bits per heavy atom. The molecule has 0 saturated heterocycles. The smallest absolute Gasteiger partial charge is 0.226 e. The average molecular weight is 425 g/mol. The molecule has 2 aromatic carbocycles. The second kappa shape index (κ2) is 6.97. The minimum atomic E-state index is -0.428. The van der Waals surface area contributed by atoms with Gasteiger partial charge in [0.2, 0.25) is 5.91 Å². The molecule has 2 aromatic rings. The Morgan fingerprint density at radius 1 is 0.864 bits per heavy atom. The Bertz CT molecular complexity index is 597. The highest BCUT2D eigenvalue weighted by molar-refractivity contribution is 9.10. The summed E-state index contributed by atoms with van der Waals surface area (Å²) in [5.74, 6) is 0.0309. The molecule has 22 heavy (non-hydrogen) atoms. The van der Waals surface area contributed by atoms with Gasteiger partial charge in [0.25, 0.3) is 0 Å². The number of amides is 1. The average Bonchev–Trinajstić information content (AvgIpc) is 2.46. The molecule has 1 N–H and O–H groups in total. The van der Waals surface area contributed by atoms with E-state index >= 15 is 0 Å². The van der Waals surface area contributed by atoms with Crippen molar-refractivity contribution in [3.8, 4) is 0 Å². The SMILES string of the molecule is CC(C)(C)C(=O)NC(c1ccc(Br)cc1)c1ccc(Br)cc1. The maximum atomic E-state index is 12.4. The van der Waals surface area contributed by atoms with Crippen LogP contribution in [0.25, 0.3) is 0 Å². The maximum Gasteiger partial charge on any atom is 0.226 e. The van der Waals surface area contributed by atoms with Crippen LogP contribution in [0.15, 0.2) is 57.5 Å². The monoisotopic (exact) mass is 423 g/mol. The first-order valence-electron chi connectivity index (χ1n) is 7.09. The standard InChI is InChI=1S/C18H19Br2NO/c1-18(2,3)17(22)21-16(12-4-8-14(19)9-5-12)13-6-10-15(20)11-7-13/h4-11,16H,1-3H3,(H,21,22). The lowest BCUT2D eigenvalue weighted by Gasteiger charge is -2.25. The van der Waals surface area contributed by atoms with Crippen molar-refractivity contribution in [2.45, 2.75) is 26.8 Å². The van der Waals surface area contributed by atoms with Crippen LogP contribution >= 0.6 is 31.9 Å². The zero-order chi connectivity index (χ0) is 16.3. The Morgan fingerprint density at radius 2 is 1.23 bits per heavy atom. The summed E-state index contributed by atoms with van der Waals surface area (Å²) < 4.78 is 2.04. The van der Waals surface area contributed by atoms with E-state index in [4.69, 9.17) is 0 Å². The predicted octanol–water partition coefficient (Wildman–Crippen LogP) is 5.46. The van der Waals surface area contributed by atoms with Crippen LogP contribution in [-0.4, -0.2) is 5.91 Å². The normalized spacial score (nSPS) is 11.5. The van der Waals surface area contributed by atoms with Crippen molar-refractivity contribution in [2.24, 2.45) is 5.41 Å². The van der Waals surface area contributed by atoms with Crippen molar-refractivity contribution in [1.29, 1.82) is 0 Å². The van der Waals surface area contributed by atoms with Crippen molar-refractivity contribution in [1.82, 2.24) is 5.32 Å². The second-order valence-electron chi connectivity index (χ2n) is 6.26. The highest BCUT2D eigenvalue weighted by atomic mass is 79.9. The number of halogens is 2. The van der Waals surface area contributed by atoms with Crippen molar-refractivity contribution in [3.05, 3.63) is 68.6 Å². The summed E-state index contributed by atoms with van der Waals surface area (Å²) in [5.41, 5.74) is 1.69. The molecule has 0 fully saturated rings. The Balaban J connectivity index is 2.38. The molecule has 0 unspecified atom stereocenters. The van der Waals surface area contributed by atoms with E-state index in [1.165, 1.54) is 0 Å². The van der Waals surface area contributed by atoms with Gasteiger partial charge in [0.15, 0.2) is 0 Å². The van der Waals surface area contributed by atoms with Gasteiger partial charge in [-0.1, -0.05) is 76.9 Å². The molecule has 0 heterocycles. The fraction of sp³-hybridized carbons (Fsp3) is 0.278. The number of nitrogens with one attached hydrogen (secondary N) is 1. The lowest BCUT2D eigenvalue weighted by molar-refractivity contribution is -0.129. The number of carbonyl (C=O) groups is 1. The van der Waals surface area contributed by atoms with E-state index in [1.54, 1.807) is 0 Å². The van der Waals surface area contributed by atoms with Crippen LogP contribution in [0.4, 0.5) is 0 Å². The Labute approximate surface area is 148 Å². The zero-order valence-electron chi connectivity index (χ0n) is 12.9. The van der Waals surface area contributed by atoms with Crippen LogP contribution in [0.5, 0.6) is 0 Å². The van der Waals surface area contributed by atoms with Crippen LogP contribution in [0.2, 0.25) is 0 Å². The van der Waals surface area contributed by atoms with E-state index in [0.717, 1.165) is 20.1 Å². The zero-order valence-corrected chi connectivity index (χ0v) is 16.0. The number of rotatable bonds is 3. The van der Waals surface area contributed by atoms with Gasteiger partial charge in [0.1, 0.15) is 0 Å². The van der Waals surface area contributed by atoms with Gasteiger partial charge in [-0.25, -0.2) is 0 Å². The fourth-order valence-electron chi connectivity index (χ4n) is 2.02. The van der Waals surface area contributed by atoms with Gasteiger partial charge >= 0.3 is 0 Å². The minimum absolute atomic E-state index is 0.0309. The molecular formula is C18H19Br2NO. The van der Waals surface area contributed by atoms with E-state index < -0.39 is 5.41 Å². The molecule has 0 aliphatic heterocycles. The molecule has 0 saturated carbocycles. The van der Waals surface area contributed by atoms with Crippen molar-refractivity contribution in [3.63, 3.8) is 0 Å². The number of hydrogen-bond acceptors (Lipinski definition) is 1. The molecule has 0 aliphatic carbocycles. The molecule has 116 valence electrons. The molecule has 0 atom stereocenters. The summed E-state index contributed by atoms with van der Waals surface area (Å²) in [6.07, 6.45) is 0. The largest absolute Gasteiger partial charge is 0.345 e. The van der Waals surface area contributed by atoms with Crippen molar-refractivity contribution >= 4 is 37.8 Å². The van der Waals surface area contributed by atoms with Crippen molar-refractivity contribution in [2.75, 3.05) is 0 Å². The maximum absolute atomic E-state index is 12.4. The molecule has 0 spiro atoms. The van der Waals surface area contributed by atoms with Gasteiger partial charge in [0, 0.05) is 14.4 Å². The Hall–Kier alpha value is -1.13. The first kappa shape index (κ1) is 17.2. The van der Waals surface area contributed by atoms with Gasteiger partial charge in [-0.3, -0.25) is 4.79 Å². The number of benzene rings is 2. The lowest BCUT2D eigenvalue weighted by Crippen LogP contribution is -2.37. The van der Waals surface area contributed by atoms with Crippen molar-refractivity contribution < 1.29 is 4.79 Å². The van der Waals surface area contributed by atoms with Gasteiger partial charge in [-0.05, 0) is 35.4 Å². The second-order valence-corrected chi connectivity index (χ2v) is 8.09. The number of hydrogen-bond donors (Lipinski definition) is 1. The van der Waals surface area contributed by atoms with Gasteiger partial charge in [0.05, 0.1) is 6.04 Å². The molecule has 2 nitrogen and oxygen atoms in total. The predicted molar refractivity (Wildman–Crippen MR) is 97.7 cm³/mol. The first-order valence-corrected chi connectivity index (χ1v) is 8.68. The summed E-state index contributed by atoms with van der Waals surface area (Å²) in [4.78, 5) is 12.4. The summed E-state index contributed by atoms with van der Waals surface area (Å²) in [6.45, 7) is 5.76. The lowest BCUT2D eigenvalue weighted by atomic mass is 9.92. The van der Waals surface area contributed by atoms with Crippen LogP contribution in [0, 0.1) is 5.41 Å². The summed E-state index contributed by atoms with van der Waals surface area (Å²) in [7, 11) is 0. The quantitative estimate of drug-likeness (QED) is 0.695. The molecule has 0 bridgehead atoms. The molecule has 4 heteroatoms. The number of carbonyl (C=O) groups excluding carboxylic acids is 1. The molecule has 0 aliphatic rings. The summed E-state index contributed by atoms with van der Waals surface area (Å²) in [6, 6.07) is 15.9. The third kappa shape index (κ3) is 4.43. The van der Waals surface area contributed by atoms with Gasteiger partial charge in [-0.15, -0.1) is 0 Å². The fourth-order valence-corrected chi connectivity index (χ4v) is 2.55. The molecular weight excluding hydrogens is 406 g/mol. The molecule has 2 rings (SSSR count). The van der Waals surface area contributed by atoms with E-state index in [9.17, 15) is 4.79 Å². The topological polar surface area (TPSA) is 29.1 Å². The van der Waals surface area contributed by atoms with E-state index in [2.05, 4.69) is 37.2 Å². The minimum Gasteiger partial charge on any atom is -0.345 e. The van der Waals surface area contributed by atoms with Gasteiger partial charge < -0.3 is 5.32 Å². The Kier molecular flexibility index (Phi) is 5.45. The van der Waals surface area contributed by atoms with Crippen LogP contribution in [-0.2, 0) is 4.79 Å². The third-order valence-electron chi connectivity index (χ3n) is 3.36. The van der Waals surface area contributed by atoms with Crippen LogP contribution in [0.1, 0.15) is 37.9 Å². The van der Waals surface area contributed by atoms with E-state index in [1.807, 2.05) is 69.3 Å². The molecule has 0 radical (unpaired) electrons. The third-order valence-corrected chi connectivity index (χ3v) is 4.42. The van der Waals surface area contributed by atoms with E-state index in [-0.39, 0.29) is 11.9 Å². The molecule has 1 amide bonds. The summed E-state index contributed by atoms with van der Waals surface area (Å²) >= 11 is 6.90.